The molecule has 0 radical (unpaired) electrons. The number of amides is 1. The van der Waals surface area contributed by atoms with Crippen LogP contribution >= 0.6 is 11.6 Å². The van der Waals surface area contributed by atoms with Crippen LogP contribution in [-0.2, 0) is 12.8 Å². The van der Waals surface area contributed by atoms with E-state index in [9.17, 15) is 4.79 Å². The van der Waals surface area contributed by atoms with Gasteiger partial charge in [0.2, 0.25) is 0 Å². The Labute approximate surface area is 145 Å². The van der Waals surface area contributed by atoms with Crippen molar-refractivity contribution >= 4 is 17.5 Å². The molecule has 3 rings (SSSR count). The summed E-state index contributed by atoms with van der Waals surface area (Å²) in [5, 5.41) is 7.32. The summed E-state index contributed by atoms with van der Waals surface area (Å²) in [5.74, 6) is 1.60. The smallest absolute Gasteiger partial charge is 0.256 e. The first-order chi connectivity index (χ1) is 11.6. The Balaban J connectivity index is 1.63. The summed E-state index contributed by atoms with van der Waals surface area (Å²) >= 11 is 6.22. The molecule has 6 nitrogen and oxygen atoms in total. The Kier molecular flexibility index (Phi) is 4.94. The number of aryl methyl sites for hydroxylation is 2. The number of nitrogens with one attached hydrogen (secondary N) is 1. The third kappa shape index (κ3) is 3.33. The Morgan fingerprint density at radius 2 is 2.12 bits per heavy atom. The number of benzene rings is 1. The molecule has 1 aliphatic rings. The quantitative estimate of drug-likeness (QED) is 0.897. The monoisotopic (exact) mass is 350 g/mol. The summed E-state index contributed by atoms with van der Waals surface area (Å²) in [7, 11) is 0. The number of ether oxygens (including phenoxy) is 2. The first-order valence-corrected chi connectivity index (χ1v) is 8.29. The van der Waals surface area contributed by atoms with Crippen molar-refractivity contribution in [3.8, 4) is 11.5 Å². The number of carbonyl (C=O) groups is 1. The van der Waals surface area contributed by atoms with Crippen LogP contribution in [0.2, 0.25) is 5.02 Å². The van der Waals surface area contributed by atoms with E-state index in [1.165, 1.54) is 0 Å². The van der Waals surface area contributed by atoms with Crippen molar-refractivity contribution in [1.82, 2.24) is 10.5 Å². The van der Waals surface area contributed by atoms with Gasteiger partial charge in [0.15, 0.2) is 11.5 Å². The molecule has 1 aromatic carbocycles. The van der Waals surface area contributed by atoms with Gasteiger partial charge >= 0.3 is 0 Å². The molecular formula is C17H19ClN2O4. The van der Waals surface area contributed by atoms with Gasteiger partial charge in [-0.05, 0) is 37.5 Å². The lowest BCUT2D eigenvalue weighted by Gasteiger charge is -2.20. The SMILES string of the molecule is CCc1noc(C)c1C(=O)NCCc1cc(Cl)c2c(c1)OCCO2. The fraction of sp³-hybridized carbons (Fsp3) is 0.412. The molecule has 0 bridgehead atoms. The number of fused-ring (bicyclic) bond motifs is 1. The second-order valence-corrected chi connectivity index (χ2v) is 5.93. The molecule has 24 heavy (non-hydrogen) atoms. The summed E-state index contributed by atoms with van der Waals surface area (Å²) in [4.78, 5) is 12.3. The van der Waals surface area contributed by atoms with Gasteiger partial charge in [-0.15, -0.1) is 0 Å². The third-order valence-electron chi connectivity index (χ3n) is 3.85. The van der Waals surface area contributed by atoms with Gasteiger partial charge in [-0.3, -0.25) is 4.79 Å². The lowest BCUT2D eigenvalue weighted by molar-refractivity contribution is 0.0952. The molecule has 0 fully saturated rings. The maximum absolute atomic E-state index is 12.3. The van der Waals surface area contributed by atoms with Crippen LogP contribution in [0.25, 0.3) is 0 Å². The third-order valence-corrected chi connectivity index (χ3v) is 4.13. The van der Waals surface area contributed by atoms with Crippen molar-refractivity contribution in [3.05, 3.63) is 39.7 Å². The van der Waals surface area contributed by atoms with Gasteiger partial charge in [0.25, 0.3) is 5.91 Å². The van der Waals surface area contributed by atoms with E-state index >= 15 is 0 Å². The number of aromatic nitrogens is 1. The molecule has 1 amide bonds. The van der Waals surface area contributed by atoms with E-state index < -0.39 is 0 Å². The van der Waals surface area contributed by atoms with Crippen molar-refractivity contribution in [2.24, 2.45) is 0 Å². The summed E-state index contributed by atoms with van der Waals surface area (Å²) in [6.45, 7) is 5.16. The number of halogens is 1. The fourth-order valence-corrected chi connectivity index (χ4v) is 2.96. The zero-order valence-corrected chi connectivity index (χ0v) is 14.4. The van der Waals surface area contributed by atoms with Crippen molar-refractivity contribution in [3.63, 3.8) is 0 Å². The molecule has 1 aromatic heterocycles. The first kappa shape index (κ1) is 16.6. The minimum atomic E-state index is -0.172. The second-order valence-electron chi connectivity index (χ2n) is 5.52. The summed E-state index contributed by atoms with van der Waals surface area (Å²) in [6.07, 6.45) is 1.28. The maximum atomic E-state index is 12.3. The van der Waals surface area contributed by atoms with E-state index in [0.717, 1.165) is 5.56 Å². The highest BCUT2D eigenvalue weighted by Gasteiger charge is 2.19. The molecule has 1 N–H and O–H groups in total. The average molecular weight is 351 g/mol. The fourth-order valence-electron chi connectivity index (χ4n) is 2.67. The van der Waals surface area contributed by atoms with Crippen LogP contribution in [0.5, 0.6) is 11.5 Å². The molecule has 2 aromatic rings. The van der Waals surface area contributed by atoms with Gasteiger partial charge in [-0.1, -0.05) is 23.7 Å². The predicted octanol–water partition coefficient (Wildman–Crippen LogP) is 2.94. The molecule has 0 saturated carbocycles. The van der Waals surface area contributed by atoms with Gasteiger partial charge in [0.1, 0.15) is 24.5 Å². The highest BCUT2D eigenvalue weighted by atomic mass is 35.5. The van der Waals surface area contributed by atoms with Crippen molar-refractivity contribution in [2.75, 3.05) is 19.8 Å². The molecule has 0 spiro atoms. The van der Waals surface area contributed by atoms with E-state index in [-0.39, 0.29) is 5.91 Å². The van der Waals surface area contributed by atoms with Crippen LogP contribution < -0.4 is 14.8 Å². The van der Waals surface area contributed by atoms with Gasteiger partial charge in [-0.25, -0.2) is 0 Å². The van der Waals surface area contributed by atoms with Gasteiger partial charge < -0.3 is 19.3 Å². The van der Waals surface area contributed by atoms with Crippen LogP contribution in [0, 0.1) is 6.92 Å². The number of rotatable bonds is 5. The zero-order valence-electron chi connectivity index (χ0n) is 13.6. The highest BCUT2D eigenvalue weighted by Crippen LogP contribution is 2.38. The topological polar surface area (TPSA) is 73.6 Å². The van der Waals surface area contributed by atoms with Crippen molar-refractivity contribution in [2.45, 2.75) is 26.7 Å². The lowest BCUT2D eigenvalue weighted by Crippen LogP contribution is -2.27. The summed E-state index contributed by atoms with van der Waals surface area (Å²) in [6, 6.07) is 3.73. The van der Waals surface area contributed by atoms with Crippen molar-refractivity contribution in [1.29, 1.82) is 0 Å². The number of hydrogen-bond donors (Lipinski definition) is 1. The van der Waals surface area contributed by atoms with Gasteiger partial charge in [0, 0.05) is 6.54 Å². The Morgan fingerprint density at radius 1 is 1.33 bits per heavy atom. The van der Waals surface area contributed by atoms with E-state index in [1.54, 1.807) is 6.92 Å². The number of nitrogens with zero attached hydrogens (tertiary/aromatic N) is 1. The lowest BCUT2D eigenvalue weighted by atomic mass is 10.1. The summed E-state index contributed by atoms with van der Waals surface area (Å²) in [5.41, 5.74) is 2.17. The molecule has 0 aliphatic carbocycles. The molecule has 128 valence electrons. The molecule has 1 aliphatic heterocycles. The standard InChI is InChI=1S/C17H19ClN2O4/c1-3-13-15(10(2)24-20-13)17(21)19-5-4-11-8-12(18)16-14(9-11)22-6-7-23-16/h8-9H,3-7H2,1-2H3,(H,19,21). The first-order valence-electron chi connectivity index (χ1n) is 7.91. The zero-order chi connectivity index (χ0) is 17.1. The molecule has 0 unspecified atom stereocenters. The highest BCUT2D eigenvalue weighted by molar-refractivity contribution is 6.32. The molecule has 0 atom stereocenters. The maximum Gasteiger partial charge on any atom is 0.256 e. The normalized spacial score (nSPS) is 13.0. The largest absolute Gasteiger partial charge is 0.486 e. The van der Waals surface area contributed by atoms with E-state index in [4.69, 9.17) is 25.6 Å². The van der Waals surface area contributed by atoms with Gasteiger partial charge in [-0.2, -0.15) is 0 Å². The van der Waals surface area contributed by atoms with Gasteiger partial charge in [0.05, 0.1) is 10.7 Å². The molecule has 0 saturated heterocycles. The molecule has 7 heteroatoms. The van der Waals surface area contributed by atoms with Crippen molar-refractivity contribution < 1.29 is 18.8 Å². The number of carbonyl (C=O) groups excluding carboxylic acids is 1. The Morgan fingerprint density at radius 3 is 2.92 bits per heavy atom. The van der Waals surface area contributed by atoms with Crippen LogP contribution in [0.3, 0.4) is 0 Å². The van der Waals surface area contributed by atoms with E-state index in [1.807, 2.05) is 19.1 Å². The molecular weight excluding hydrogens is 332 g/mol. The Hall–Kier alpha value is -2.21. The van der Waals surface area contributed by atoms with E-state index in [2.05, 4.69) is 10.5 Å². The average Bonchev–Trinajstić information content (AvgIpc) is 2.95. The number of hydrogen-bond acceptors (Lipinski definition) is 5. The second kappa shape index (κ2) is 7.13. The van der Waals surface area contributed by atoms with Crippen LogP contribution in [0.15, 0.2) is 16.7 Å². The minimum absolute atomic E-state index is 0.172. The summed E-state index contributed by atoms with van der Waals surface area (Å²) < 4.78 is 16.1. The minimum Gasteiger partial charge on any atom is -0.486 e. The van der Waals surface area contributed by atoms with Crippen LogP contribution in [0.4, 0.5) is 0 Å². The van der Waals surface area contributed by atoms with E-state index in [0.29, 0.717) is 66.1 Å². The predicted molar refractivity (Wildman–Crippen MR) is 89.1 cm³/mol. The van der Waals surface area contributed by atoms with Crippen LogP contribution in [0.1, 0.15) is 34.3 Å². The van der Waals surface area contributed by atoms with Crippen LogP contribution in [-0.4, -0.2) is 30.8 Å². The Bertz CT molecular complexity index is 757. The molecule has 2 heterocycles.